The number of benzene rings is 2. The van der Waals surface area contributed by atoms with Crippen molar-refractivity contribution in [1.82, 2.24) is 14.8 Å². The fraction of sp³-hybridized carbons (Fsp3) is 0.263. The van der Waals surface area contributed by atoms with Gasteiger partial charge in [0.1, 0.15) is 0 Å². The molecule has 0 N–H and O–H groups in total. The average Bonchev–Trinajstić information content (AvgIpc) is 3.10. The second-order valence-corrected chi connectivity index (χ2v) is 7.40. The van der Waals surface area contributed by atoms with Crippen molar-refractivity contribution in [2.45, 2.75) is 23.9 Å². The summed E-state index contributed by atoms with van der Waals surface area (Å²) in [6.45, 7) is 1.37. The lowest BCUT2D eigenvalue weighted by atomic mass is 10.2. The van der Waals surface area contributed by atoms with Crippen molar-refractivity contribution in [3.05, 3.63) is 69.2 Å². The number of nitrogens with zero attached hydrogens (tertiary/aromatic N) is 4. The molecule has 0 aliphatic carbocycles. The normalized spacial score (nSPS) is 10.9. The van der Waals surface area contributed by atoms with Gasteiger partial charge in [-0.2, -0.15) is 0 Å². The highest BCUT2D eigenvalue weighted by molar-refractivity contribution is 7.98. The molecule has 0 amide bonds. The molecule has 7 nitrogen and oxygen atoms in total. The molecule has 0 atom stereocenters. The summed E-state index contributed by atoms with van der Waals surface area (Å²) in [7, 11) is 1.68. The van der Waals surface area contributed by atoms with Crippen LogP contribution in [-0.4, -0.2) is 33.4 Å². The Kier molecular flexibility index (Phi) is 7.02. The molecule has 28 heavy (non-hydrogen) atoms. The third-order valence-electron chi connectivity index (χ3n) is 4.06. The number of rotatable bonds is 9. The molecular formula is C19H19ClN4O3S. The van der Waals surface area contributed by atoms with E-state index in [1.54, 1.807) is 31.0 Å². The zero-order valence-corrected chi connectivity index (χ0v) is 16.8. The van der Waals surface area contributed by atoms with Gasteiger partial charge in [0.05, 0.1) is 4.92 Å². The van der Waals surface area contributed by atoms with E-state index in [4.69, 9.17) is 16.3 Å². The molecule has 0 bridgehead atoms. The highest BCUT2D eigenvalue weighted by Gasteiger charge is 2.15. The fourth-order valence-electron chi connectivity index (χ4n) is 2.64. The molecular weight excluding hydrogens is 400 g/mol. The van der Waals surface area contributed by atoms with Crippen LogP contribution in [0.5, 0.6) is 0 Å². The SMILES string of the molecule is COCCCn1c(SCc2ccc([N+](=O)[O-])cc2)nnc1-c1ccc(Cl)cc1. The Morgan fingerprint density at radius 3 is 2.50 bits per heavy atom. The van der Waals surface area contributed by atoms with Gasteiger partial charge in [0.2, 0.25) is 0 Å². The number of ether oxygens (including phenoxy) is 1. The van der Waals surface area contributed by atoms with E-state index in [1.807, 2.05) is 24.3 Å². The summed E-state index contributed by atoms with van der Waals surface area (Å²) in [5.74, 6) is 1.42. The van der Waals surface area contributed by atoms with E-state index in [2.05, 4.69) is 14.8 Å². The van der Waals surface area contributed by atoms with Crippen LogP contribution in [0, 0.1) is 10.1 Å². The molecule has 146 valence electrons. The first kappa shape index (κ1) is 20.3. The van der Waals surface area contributed by atoms with Gasteiger partial charge in [-0.3, -0.25) is 10.1 Å². The molecule has 1 aromatic heterocycles. The molecule has 0 saturated carbocycles. The minimum atomic E-state index is -0.401. The number of methoxy groups -OCH3 is 1. The third-order valence-corrected chi connectivity index (χ3v) is 5.35. The van der Waals surface area contributed by atoms with Gasteiger partial charge in [-0.1, -0.05) is 35.5 Å². The average molecular weight is 419 g/mol. The van der Waals surface area contributed by atoms with Crippen molar-refractivity contribution >= 4 is 29.1 Å². The Hall–Kier alpha value is -2.42. The van der Waals surface area contributed by atoms with E-state index in [0.717, 1.165) is 35.1 Å². The number of hydrogen-bond donors (Lipinski definition) is 0. The number of thioether (sulfide) groups is 1. The Balaban J connectivity index is 1.79. The predicted molar refractivity (Wildman–Crippen MR) is 110 cm³/mol. The molecule has 9 heteroatoms. The number of aromatic nitrogens is 3. The summed E-state index contributed by atoms with van der Waals surface area (Å²) >= 11 is 7.53. The van der Waals surface area contributed by atoms with Crippen LogP contribution in [-0.2, 0) is 17.0 Å². The molecule has 0 spiro atoms. The smallest absolute Gasteiger partial charge is 0.269 e. The van der Waals surface area contributed by atoms with Crippen LogP contribution in [0.3, 0.4) is 0 Å². The molecule has 0 saturated heterocycles. The Morgan fingerprint density at radius 1 is 1.14 bits per heavy atom. The summed E-state index contributed by atoms with van der Waals surface area (Å²) in [6, 6.07) is 14.0. The van der Waals surface area contributed by atoms with Gasteiger partial charge < -0.3 is 9.30 Å². The lowest BCUT2D eigenvalue weighted by Gasteiger charge is -2.10. The molecule has 0 fully saturated rings. The Morgan fingerprint density at radius 2 is 1.86 bits per heavy atom. The highest BCUT2D eigenvalue weighted by Crippen LogP contribution is 2.28. The number of halogens is 1. The van der Waals surface area contributed by atoms with Gasteiger partial charge in [0.25, 0.3) is 5.69 Å². The fourth-order valence-corrected chi connectivity index (χ4v) is 3.68. The van der Waals surface area contributed by atoms with Crippen LogP contribution in [0.1, 0.15) is 12.0 Å². The lowest BCUT2D eigenvalue weighted by molar-refractivity contribution is -0.384. The monoisotopic (exact) mass is 418 g/mol. The van der Waals surface area contributed by atoms with Crippen molar-refractivity contribution in [3.8, 4) is 11.4 Å². The van der Waals surface area contributed by atoms with Gasteiger partial charge in [0, 0.05) is 48.7 Å². The van der Waals surface area contributed by atoms with Gasteiger partial charge >= 0.3 is 0 Å². The zero-order valence-electron chi connectivity index (χ0n) is 15.2. The molecule has 2 aromatic carbocycles. The summed E-state index contributed by atoms with van der Waals surface area (Å²) in [6.07, 6.45) is 0.834. The van der Waals surface area contributed by atoms with Crippen LogP contribution in [0.4, 0.5) is 5.69 Å². The first-order valence-corrected chi connectivity index (χ1v) is 9.99. The molecule has 0 radical (unpaired) electrons. The van der Waals surface area contributed by atoms with Crippen molar-refractivity contribution in [2.75, 3.05) is 13.7 Å². The van der Waals surface area contributed by atoms with Gasteiger partial charge in [-0.05, 0) is 36.2 Å². The number of nitro benzene ring substituents is 1. The van der Waals surface area contributed by atoms with E-state index >= 15 is 0 Å². The Bertz CT molecular complexity index is 929. The second-order valence-electron chi connectivity index (χ2n) is 6.02. The van der Waals surface area contributed by atoms with Gasteiger partial charge in [0.15, 0.2) is 11.0 Å². The van der Waals surface area contributed by atoms with Crippen LogP contribution in [0.2, 0.25) is 5.02 Å². The lowest BCUT2D eigenvalue weighted by Crippen LogP contribution is -2.05. The van der Waals surface area contributed by atoms with Crippen molar-refractivity contribution in [2.24, 2.45) is 0 Å². The topological polar surface area (TPSA) is 83.1 Å². The van der Waals surface area contributed by atoms with E-state index in [-0.39, 0.29) is 5.69 Å². The van der Waals surface area contributed by atoms with E-state index in [9.17, 15) is 10.1 Å². The first-order valence-electron chi connectivity index (χ1n) is 8.62. The number of nitro groups is 1. The number of hydrogen-bond acceptors (Lipinski definition) is 6. The van der Waals surface area contributed by atoms with Crippen LogP contribution < -0.4 is 0 Å². The zero-order chi connectivity index (χ0) is 19.9. The molecule has 1 heterocycles. The summed E-state index contributed by atoms with van der Waals surface area (Å²) < 4.78 is 7.24. The largest absolute Gasteiger partial charge is 0.385 e. The summed E-state index contributed by atoms with van der Waals surface area (Å²) in [5.41, 5.74) is 2.01. The summed E-state index contributed by atoms with van der Waals surface area (Å²) in [5, 5.41) is 21.0. The maximum atomic E-state index is 10.8. The molecule has 0 unspecified atom stereocenters. The van der Waals surface area contributed by atoms with E-state index in [1.165, 1.54) is 12.1 Å². The first-order chi connectivity index (χ1) is 13.6. The van der Waals surface area contributed by atoms with Crippen molar-refractivity contribution < 1.29 is 9.66 Å². The molecule has 3 rings (SSSR count). The van der Waals surface area contributed by atoms with Gasteiger partial charge in [-0.25, -0.2) is 0 Å². The van der Waals surface area contributed by atoms with Gasteiger partial charge in [-0.15, -0.1) is 10.2 Å². The molecule has 3 aromatic rings. The van der Waals surface area contributed by atoms with Crippen molar-refractivity contribution in [1.29, 1.82) is 0 Å². The van der Waals surface area contributed by atoms with E-state index < -0.39 is 4.92 Å². The summed E-state index contributed by atoms with van der Waals surface area (Å²) in [4.78, 5) is 10.4. The predicted octanol–water partition coefficient (Wildman–Crippen LogP) is 4.84. The van der Waals surface area contributed by atoms with Crippen molar-refractivity contribution in [3.63, 3.8) is 0 Å². The minimum Gasteiger partial charge on any atom is -0.385 e. The van der Waals surface area contributed by atoms with Crippen LogP contribution >= 0.6 is 23.4 Å². The minimum absolute atomic E-state index is 0.0847. The second kappa shape index (κ2) is 9.68. The van der Waals surface area contributed by atoms with Crippen LogP contribution in [0.15, 0.2) is 53.7 Å². The quantitative estimate of drug-likeness (QED) is 0.214. The molecule has 0 aliphatic rings. The third kappa shape index (κ3) is 5.09. The van der Waals surface area contributed by atoms with Crippen LogP contribution in [0.25, 0.3) is 11.4 Å². The maximum Gasteiger partial charge on any atom is 0.269 e. The standard InChI is InChI=1S/C19H19ClN4O3S/c1-27-12-2-11-23-18(15-5-7-16(20)8-6-15)21-22-19(23)28-13-14-3-9-17(10-4-14)24(25)26/h3-10H,2,11-13H2,1H3. The number of non-ortho nitro benzene ring substituents is 1. The maximum absolute atomic E-state index is 10.8. The molecule has 0 aliphatic heterocycles. The highest BCUT2D eigenvalue weighted by atomic mass is 35.5. The Labute approximate surface area is 171 Å². The van der Waals surface area contributed by atoms with E-state index in [0.29, 0.717) is 17.4 Å².